The third-order valence-corrected chi connectivity index (χ3v) is 4.60. The summed E-state index contributed by atoms with van der Waals surface area (Å²) in [5, 5.41) is 12.7. The molecule has 0 radical (unpaired) electrons. The first-order chi connectivity index (χ1) is 10.1. The van der Waals surface area contributed by atoms with E-state index in [1.54, 1.807) is 4.90 Å². The highest BCUT2D eigenvalue weighted by Crippen LogP contribution is 2.30. The minimum atomic E-state index is -0.868. The lowest BCUT2D eigenvalue weighted by molar-refractivity contribution is -0.142. The lowest BCUT2D eigenvalue weighted by Crippen LogP contribution is -2.49. The van der Waals surface area contributed by atoms with Crippen molar-refractivity contribution >= 4 is 11.9 Å². The molecule has 21 heavy (non-hydrogen) atoms. The van der Waals surface area contributed by atoms with Crippen molar-refractivity contribution in [2.24, 2.45) is 5.92 Å². The average molecular weight is 288 g/mol. The summed E-state index contributed by atoms with van der Waals surface area (Å²) >= 11 is 0. The van der Waals surface area contributed by atoms with E-state index in [0.717, 1.165) is 24.1 Å². The van der Waals surface area contributed by atoms with Gasteiger partial charge in [0.05, 0.1) is 12.0 Å². The van der Waals surface area contributed by atoms with Gasteiger partial charge in [0.1, 0.15) is 0 Å². The number of carboxylic acids is 1. The van der Waals surface area contributed by atoms with Crippen molar-refractivity contribution < 1.29 is 14.7 Å². The van der Waals surface area contributed by atoms with Crippen LogP contribution in [0.15, 0.2) is 24.3 Å². The summed E-state index contributed by atoms with van der Waals surface area (Å²) in [6.07, 6.45) is 0.989. The highest BCUT2D eigenvalue weighted by atomic mass is 16.4. The topological polar surface area (TPSA) is 69.6 Å². The molecule has 0 aliphatic carbocycles. The van der Waals surface area contributed by atoms with Crippen LogP contribution in [0.1, 0.15) is 30.4 Å². The lowest BCUT2D eigenvalue weighted by atomic mass is 9.89. The minimum Gasteiger partial charge on any atom is -0.481 e. The Hall–Kier alpha value is -1.88. The van der Waals surface area contributed by atoms with Crippen molar-refractivity contribution in [3.63, 3.8) is 0 Å². The standard InChI is InChI=1S/C16H20N2O3/c1-10-6-7-17-14(10)15(19)18-8-11-4-2-3-5-12(11)13(9-18)16(20)21/h2-5,10,13-14,17H,6-9H2,1H3,(H,20,21). The average Bonchev–Trinajstić information content (AvgIpc) is 2.91. The van der Waals surface area contributed by atoms with Gasteiger partial charge in [-0.15, -0.1) is 0 Å². The van der Waals surface area contributed by atoms with Gasteiger partial charge < -0.3 is 15.3 Å². The highest BCUT2D eigenvalue weighted by Gasteiger charge is 2.37. The van der Waals surface area contributed by atoms with Gasteiger partial charge in [0.2, 0.25) is 5.91 Å². The smallest absolute Gasteiger partial charge is 0.312 e. The third-order valence-electron chi connectivity index (χ3n) is 4.60. The van der Waals surface area contributed by atoms with E-state index in [0.29, 0.717) is 12.5 Å². The number of rotatable bonds is 2. The maximum atomic E-state index is 12.7. The van der Waals surface area contributed by atoms with Crippen LogP contribution >= 0.6 is 0 Å². The fourth-order valence-electron chi connectivity index (χ4n) is 3.35. The molecule has 1 fully saturated rings. The Morgan fingerprint density at radius 3 is 2.76 bits per heavy atom. The lowest BCUT2D eigenvalue weighted by Gasteiger charge is -2.35. The first kappa shape index (κ1) is 14.1. The van der Waals surface area contributed by atoms with E-state index in [-0.39, 0.29) is 18.5 Å². The molecule has 5 heteroatoms. The van der Waals surface area contributed by atoms with Crippen LogP contribution in [-0.4, -0.2) is 41.0 Å². The molecule has 2 heterocycles. The van der Waals surface area contributed by atoms with Gasteiger partial charge >= 0.3 is 5.97 Å². The Morgan fingerprint density at radius 1 is 1.33 bits per heavy atom. The molecule has 3 unspecified atom stereocenters. The SMILES string of the molecule is CC1CCNC1C(=O)N1Cc2ccccc2C(C(=O)O)C1. The Bertz CT molecular complexity index is 572. The number of hydrogen-bond donors (Lipinski definition) is 2. The van der Waals surface area contributed by atoms with Gasteiger partial charge in [-0.05, 0) is 30.0 Å². The van der Waals surface area contributed by atoms with Crippen LogP contribution in [-0.2, 0) is 16.1 Å². The van der Waals surface area contributed by atoms with Gasteiger partial charge in [0.25, 0.3) is 0 Å². The molecule has 0 spiro atoms. The summed E-state index contributed by atoms with van der Waals surface area (Å²) < 4.78 is 0. The van der Waals surface area contributed by atoms with Gasteiger partial charge in [-0.3, -0.25) is 9.59 Å². The zero-order valence-electron chi connectivity index (χ0n) is 12.1. The highest BCUT2D eigenvalue weighted by molar-refractivity contribution is 5.85. The van der Waals surface area contributed by atoms with E-state index < -0.39 is 11.9 Å². The zero-order valence-corrected chi connectivity index (χ0v) is 12.1. The number of nitrogens with one attached hydrogen (secondary N) is 1. The molecule has 1 amide bonds. The Morgan fingerprint density at radius 2 is 2.10 bits per heavy atom. The predicted molar refractivity (Wildman–Crippen MR) is 77.8 cm³/mol. The molecule has 112 valence electrons. The molecule has 1 aromatic carbocycles. The van der Waals surface area contributed by atoms with Gasteiger partial charge in [0.15, 0.2) is 0 Å². The number of carbonyl (C=O) groups is 2. The monoisotopic (exact) mass is 288 g/mol. The van der Waals surface area contributed by atoms with Gasteiger partial charge in [-0.1, -0.05) is 31.2 Å². The molecule has 2 N–H and O–H groups in total. The molecular weight excluding hydrogens is 268 g/mol. The predicted octanol–water partition coefficient (Wildman–Crippen LogP) is 1.19. The van der Waals surface area contributed by atoms with Crippen LogP contribution in [0.5, 0.6) is 0 Å². The van der Waals surface area contributed by atoms with Crippen LogP contribution in [0.3, 0.4) is 0 Å². The molecule has 3 rings (SSSR count). The molecule has 5 nitrogen and oxygen atoms in total. The molecule has 2 aliphatic rings. The molecule has 0 saturated carbocycles. The first-order valence-corrected chi connectivity index (χ1v) is 7.40. The van der Waals surface area contributed by atoms with Crippen LogP contribution in [0.4, 0.5) is 0 Å². The fourth-order valence-corrected chi connectivity index (χ4v) is 3.35. The molecule has 1 saturated heterocycles. The Kier molecular flexibility index (Phi) is 3.68. The maximum Gasteiger partial charge on any atom is 0.312 e. The van der Waals surface area contributed by atoms with E-state index in [1.807, 2.05) is 24.3 Å². The number of fused-ring (bicyclic) bond motifs is 1. The first-order valence-electron chi connectivity index (χ1n) is 7.40. The van der Waals surface area contributed by atoms with Crippen LogP contribution in [0.25, 0.3) is 0 Å². The van der Waals surface area contributed by atoms with Crippen LogP contribution < -0.4 is 5.32 Å². The second-order valence-electron chi connectivity index (χ2n) is 6.01. The Labute approximate surface area is 123 Å². The Balaban J connectivity index is 1.86. The zero-order chi connectivity index (χ0) is 15.0. The van der Waals surface area contributed by atoms with Crippen molar-refractivity contribution in [1.29, 1.82) is 0 Å². The van der Waals surface area contributed by atoms with Gasteiger partial charge in [-0.2, -0.15) is 0 Å². The summed E-state index contributed by atoms with van der Waals surface area (Å²) in [6.45, 7) is 3.68. The molecule has 1 aromatic rings. The number of aliphatic carboxylic acids is 1. The van der Waals surface area contributed by atoms with E-state index in [1.165, 1.54) is 0 Å². The molecule has 0 aromatic heterocycles. The summed E-state index contributed by atoms with van der Waals surface area (Å²) in [7, 11) is 0. The summed E-state index contributed by atoms with van der Waals surface area (Å²) in [5.74, 6) is -1.17. The molecular formula is C16H20N2O3. The van der Waals surface area contributed by atoms with E-state index in [2.05, 4.69) is 12.2 Å². The van der Waals surface area contributed by atoms with E-state index in [4.69, 9.17) is 0 Å². The fraction of sp³-hybridized carbons (Fsp3) is 0.500. The normalized spacial score (nSPS) is 28.2. The van der Waals surface area contributed by atoms with Crippen molar-refractivity contribution in [1.82, 2.24) is 10.2 Å². The number of amides is 1. The number of hydrogen-bond acceptors (Lipinski definition) is 3. The molecule has 2 aliphatic heterocycles. The van der Waals surface area contributed by atoms with Crippen molar-refractivity contribution in [2.75, 3.05) is 13.1 Å². The maximum absolute atomic E-state index is 12.7. The van der Waals surface area contributed by atoms with E-state index in [9.17, 15) is 14.7 Å². The molecule has 3 atom stereocenters. The summed E-state index contributed by atoms with van der Waals surface area (Å²) in [5.41, 5.74) is 1.77. The van der Waals surface area contributed by atoms with Gasteiger partial charge in [0, 0.05) is 13.1 Å². The number of carboxylic acid groups (broad SMARTS) is 1. The quantitative estimate of drug-likeness (QED) is 0.858. The largest absolute Gasteiger partial charge is 0.481 e. The number of nitrogens with zero attached hydrogens (tertiary/aromatic N) is 1. The second-order valence-corrected chi connectivity index (χ2v) is 6.01. The second kappa shape index (κ2) is 5.48. The van der Waals surface area contributed by atoms with Crippen LogP contribution in [0.2, 0.25) is 0 Å². The van der Waals surface area contributed by atoms with E-state index >= 15 is 0 Å². The summed E-state index contributed by atoms with van der Waals surface area (Å²) in [6, 6.07) is 7.34. The minimum absolute atomic E-state index is 0.0285. The summed E-state index contributed by atoms with van der Waals surface area (Å²) in [4.78, 5) is 25.9. The van der Waals surface area contributed by atoms with Crippen molar-refractivity contribution in [2.45, 2.75) is 31.8 Å². The van der Waals surface area contributed by atoms with Crippen LogP contribution in [0, 0.1) is 5.92 Å². The third kappa shape index (κ3) is 2.53. The van der Waals surface area contributed by atoms with Crippen molar-refractivity contribution in [3.05, 3.63) is 35.4 Å². The number of carbonyl (C=O) groups excluding carboxylic acids is 1. The molecule has 0 bridgehead atoms. The van der Waals surface area contributed by atoms with Crippen molar-refractivity contribution in [3.8, 4) is 0 Å². The van der Waals surface area contributed by atoms with Gasteiger partial charge in [-0.25, -0.2) is 0 Å². The number of benzene rings is 1.